The molecule has 41 heavy (non-hydrogen) atoms. The molecule has 8 unspecified atom stereocenters. The molecular formula is C36H64Cl2P2Pd+2. The molecule has 0 aliphatic heterocycles. The van der Waals surface area contributed by atoms with Crippen LogP contribution >= 0.6 is 34.9 Å². The van der Waals surface area contributed by atoms with Crippen molar-refractivity contribution in [3.8, 4) is 0 Å². The first-order chi connectivity index (χ1) is 19.8. The van der Waals surface area contributed by atoms with Gasteiger partial charge < -0.3 is 0 Å². The zero-order chi connectivity index (χ0) is 28.8. The van der Waals surface area contributed by atoms with Crippen LogP contribution in [0.2, 0.25) is 0 Å². The summed E-state index contributed by atoms with van der Waals surface area (Å²) in [5, 5.41) is 1.86. The minimum atomic E-state index is -0.211. The zero-order valence-electron chi connectivity index (χ0n) is 27.0. The molecule has 8 aliphatic carbocycles. The Morgan fingerprint density at radius 1 is 0.537 bits per heavy atom. The molecule has 0 spiro atoms. The molecule has 0 amide bonds. The summed E-state index contributed by atoms with van der Waals surface area (Å²) >= 11 is -0.106. The van der Waals surface area contributed by atoms with Crippen molar-refractivity contribution in [1.29, 1.82) is 0 Å². The Labute approximate surface area is 273 Å². The molecule has 0 aromatic carbocycles. The Balaban J connectivity index is 0.000000171. The van der Waals surface area contributed by atoms with Crippen LogP contribution in [0.15, 0.2) is 0 Å². The Bertz CT molecular complexity index is 797. The van der Waals surface area contributed by atoms with E-state index in [1.165, 1.54) is 54.0 Å². The van der Waals surface area contributed by atoms with E-state index in [0.29, 0.717) is 0 Å². The van der Waals surface area contributed by atoms with Gasteiger partial charge in [0.05, 0.1) is 32.9 Å². The molecule has 0 N–H and O–H groups in total. The molecule has 0 radical (unpaired) electrons. The third kappa shape index (κ3) is 6.76. The summed E-state index contributed by atoms with van der Waals surface area (Å²) in [6.07, 6.45) is 32.9. The van der Waals surface area contributed by atoms with Crippen LogP contribution in [0.4, 0.5) is 0 Å². The zero-order valence-corrected chi connectivity index (χ0v) is 32.1. The van der Waals surface area contributed by atoms with Gasteiger partial charge in [0.25, 0.3) is 0 Å². The summed E-state index contributed by atoms with van der Waals surface area (Å²) in [5.74, 6) is 7.09. The van der Waals surface area contributed by atoms with E-state index in [1.807, 2.05) is 0 Å². The van der Waals surface area contributed by atoms with E-state index < -0.39 is 0 Å². The monoisotopic (exact) mass is 734 g/mol. The van der Waals surface area contributed by atoms with Crippen molar-refractivity contribution in [3.05, 3.63) is 0 Å². The van der Waals surface area contributed by atoms with E-state index >= 15 is 0 Å². The van der Waals surface area contributed by atoms with Crippen molar-refractivity contribution >= 4 is 34.9 Å². The summed E-state index contributed by atoms with van der Waals surface area (Å²) < 4.78 is 0. The van der Waals surface area contributed by atoms with E-state index in [-0.39, 0.29) is 31.8 Å². The summed E-state index contributed by atoms with van der Waals surface area (Å²) in [7, 11) is 9.36. The molecule has 6 bridgehead atoms. The van der Waals surface area contributed by atoms with Crippen molar-refractivity contribution in [1.82, 2.24) is 0 Å². The summed E-state index contributed by atoms with van der Waals surface area (Å²) in [6, 6.07) is 0. The van der Waals surface area contributed by atoms with Crippen LogP contribution in [0.5, 0.6) is 0 Å². The first-order valence-corrected chi connectivity index (χ1v) is 25.7. The molecule has 8 saturated carbocycles. The maximum atomic E-state index is 4.81. The van der Waals surface area contributed by atoms with Crippen molar-refractivity contribution < 1.29 is 15.9 Å². The van der Waals surface area contributed by atoms with Gasteiger partial charge in [-0.05, 0) is 179 Å². The van der Waals surface area contributed by atoms with Gasteiger partial charge in [-0.1, -0.05) is 12.8 Å². The van der Waals surface area contributed by atoms with Gasteiger partial charge in [0, 0.05) is 15.8 Å². The third-order valence-corrected chi connectivity index (χ3v) is 23.6. The van der Waals surface area contributed by atoms with Gasteiger partial charge in [0.1, 0.15) is 0 Å². The maximum absolute atomic E-state index is 4.81. The van der Waals surface area contributed by atoms with Crippen LogP contribution in [0.3, 0.4) is 0 Å². The Kier molecular flexibility index (Phi) is 11.3. The quantitative estimate of drug-likeness (QED) is 0.188. The number of rotatable bonds is 6. The fourth-order valence-electron chi connectivity index (χ4n) is 14.0. The van der Waals surface area contributed by atoms with Crippen molar-refractivity contribution in [2.24, 2.45) is 35.5 Å². The summed E-state index contributed by atoms with van der Waals surface area (Å²) in [5.41, 5.74) is 4.36. The van der Waals surface area contributed by atoms with Gasteiger partial charge in [0.2, 0.25) is 0 Å². The van der Waals surface area contributed by atoms with Gasteiger partial charge in [-0.3, -0.25) is 0 Å². The fourth-order valence-corrected chi connectivity index (χ4v) is 25.1. The molecule has 240 valence electrons. The number of halogens is 2. The molecule has 5 heteroatoms. The van der Waals surface area contributed by atoms with Crippen LogP contribution in [-0.4, -0.2) is 32.9 Å². The molecule has 8 atom stereocenters. The first kappa shape index (κ1) is 33.0. The van der Waals surface area contributed by atoms with Gasteiger partial charge in [-0.2, -0.15) is 0 Å². The average molecular weight is 736 g/mol. The van der Waals surface area contributed by atoms with E-state index in [4.69, 9.17) is 19.1 Å². The van der Waals surface area contributed by atoms with Crippen molar-refractivity contribution in [2.45, 2.75) is 189 Å². The molecule has 0 aromatic heterocycles. The second-order valence-corrected chi connectivity index (χ2v) is 27.7. The topological polar surface area (TPSA) is 0 Å². The van der Waals surface area contributed by atoms with Gasteiger partial charge in [-0.25, -0.2) is 0 Å². The predicted octanol–water partition coefficient (Wildman–Crippen LogP) is 12.4. The standard InChI is InChI=1S/C25H39P.C11H23P.2ClH.Pd/c1-2-4-23(3-1)26(24-11-17-5-7-19(13-24)21(9-17)15-24)25-12-18-6-8-20(14-25)22(10-18)16-25;1-9(2)12(10(3)4)11-7-5-6-8-11;;;/h17-23H,1-16H2;9-11H,5-8H2,1-4H3;2*1H;/q;;;;+2. The van der Waals surface area contributed by atoms with E-state index in [0.717, 1.165) is 27.3 Å². The number of hydrogen-bond acceptors (Lipinski definition) is 0. The van der Waals surface area contributed by atoms with E-state index in [2.05, 4.69) is 27.7 Å². The molecular weight excluding hydrogens is 672 g/mol. The Morgan fingerprint density at radius 3 is 1.34 bits per heavy atom. The fraction of sp³-hybridized carbons (Fsp3) is 1.00. The SMILES string of the molecule is C1CCC([PH+](C23CC4CCC(C2)C(C4)C3)C23CC4CCC(C2)C(C4)C3)C1.CC(C)[PH+](C(C)C)C1CCCC1.[Cl][Pd][Cl]. The average Bonchev–Trinajstić information content (AvgIpc) is 3.68. The third-order valence-electron chi connectivity index (χ3n) is 14.5. The molecule has 0 aromatic rings. The minimum absolute atomic E-state index is 0.0563. The number of hydrogen-bond donors (Lipinski definition) is 0. The predicted molar refractivity (Wildman–Crippen MR) is 185 cm³/mol. The Morgan fingerprint density at radius 2 is 0.927 bits per heavy atom. The van der Waals surface area contributed by atoms with Crippen LogP contribution < -0.4 is 0 Å². The van der Waals surface area contributed by atoms with Crippen LogP contribution in [-0.2, 0) is 15.9 Å². The molecule has 0 nitrogen and oxygen atoms in total. The van der Waals surface area contributed by atoms with Crippen LogP contribution in [0, 0.1) is 35.5 Å². The summed E-state index contributed by atoms with van der Waals surface area (Å²) in [4.78, 5) is 0. The normalized spacial score (nSPS) is 43.6. The van der Waals surface area contributed by atoms with E-state index in [9.17, 15) is 0 Å². The van der Waals surface area contributed by atoms with Crippen molar-refractivity contribution in [2.75, 3.05) is 0 Å². The molecule has 8 fully saturated rings. The molecule has 8 aliphatic rings. The van der Waals surface area contributed by atoms with Crippen LogP contribution in [0.25, 0.3) is 0 Å². The number of fused-ring (bicyclic) bond motifs is 4. The second kappa shape index (κ2) is 14.1. The van der Waals surface area contributed by atoms with Gasteiger partial charge >= 0.3 is 35.0 Å². The molecule has 0 heterocycles. The van der Waals surface area contributed by atoms with Gasteiger partial charge in [-0.15, -0.1) is 0 Å². The second-order valence-electron chi connectivity index (χ2n) is 17.4. The molecule has 8 rings (SSSR count). The van der Waals surface area contributed by atoms with Gasteiger partial charge in [0.15, 0.2) is 0 Å². The van der Waals surface area contributed by atoms with Crippen molar-refractivity contribution in [3.63, 3.8) is 0 Å². The van der Waals surface area contributed by atoms with E-state index in [1.54, 1.807) is 116 Å². The first-order valence-electron chi connectivity index (χ1n) is 18.3. The van der Waals surface area contributed by atoms with Crippen LogP contribution in [0.1, 0.15) is 156 Å². The Hall–Kier alpha value is 2.10. The summed E-state index contributed by atoms with van der Waals surface area (Å²) in [6.45, 7) is 9.75. The molecule has 0 saturated heterocycles.